The number of halogens is 1. The molecule has 0 bridgehead atoms. The standard InChI is InChI=1S/C20H23FN4OS/c1-15(24(2)3)19-22-23-20(25(19)17-11-9-16(21)10-12-17)27-14-13-26-18-7-5-4-6-8-18/h4-12,15H,13-14H2,1-3H3/t15-/m1/s1. The highest BCUT2D eigenvalue weighted by Gasteiger charge is 2.20. The Morgan fingerprint density at radius 3 is 2.44 bits per heavy atom. The number of aromatic nitrogens is 3. The zero-order valence-corrected chi connectivity index (χ0v) is 16.5. The van der Waals surface area contributed by atoms with Crippen LogP contribution in [0.4, 0.5) is 4.39 Å². The molecule has 2 aromatic carbocycles. The minimum Gasteiger partial charge on any atom is -0.493 e. The molecular formula is C20H23FN4OS. The summed E-state index contributed by atoms with van der Waals surface area (Å²) in [5, 5.41) is 9.52. The Kier molecular flexibility index (Phi) is 6.47. The molecule has 1 heterocycles. The van der Waals surface area contributed by atoms with E-state index in [1.807, 2.05) is 49.0 Å². The molecule has 3 aromatic rings. The predicted molar refractivity (Wildman–Crippen MR) is 106 cm³/mol. The second-order valence-electron chi connectivity index (χ2n) is 6.30. The Hall–Kier alpha value is -2.38. The van der Waals surface area contributed by atoms with E-state index < -0.39 is 0 Å². The van der Waals surface area contributed by atoms with Crippen LogP contribution in [-0.4, -0.2) is 46.1 Å². The monoisotopic (exact) mass is 386 g/mol. The molecule has 27 heavy (non-hydrogen) atoms. The fraction of sp³-hybridized carbons (Fsp3) is 0.300. The number of benzene rings is 2. The molecule has 0 saturated carbocycles. The minimum atomic E-state index is -0.264. The fourth-order valence-electron chi connectivity index (χ4n) is 2.52. The molecule has 0 unspecified atom stereocenters. The molecule has 0 aliphatic rings. The Morgan fingerprint density at radius 1 is 1.07 bits per heavy atom. The molecule has 0 fully saturated rings. The van der Waals surface area contributed by atoms with Crippen molar-refractivity contribution in [3.63, 3.8) is 0 Å². The highest BCUT2D eigenvalue weighted by Crippen LogP contribution is 2.27. The van der Waals surface area contributed by atoms with Crippen molar-refractivity contribution >= 4 is 11.8 Å². The average Bonchev–Trinajstić information content (AvgIpc) is 3.09. The van der Waals surface area contributed by atoms with E-state index in [-0.39, 0.29) is 11.9 Å². The van der Waals surface area contributed by atoms with Gasteiger partial charge in [-0.15, -0.1) is 10.2 Å². The third-order valence-corrected chi connectivity index (χ3v) is 5.11. The predicted octanol–water partition coefficient (Wildman–Crippen LogP) is 4.20. The second-order valence-corrected chi connectivity index (χ2v) is 7.36. The van der Waals surface area contributed by atoms with Crippen LogP contribution >= 0.6 is 11.8 Å². The van der Waals surface area contributed by atoms with Crippen LogP contribution in [-0.2, 0) is 0 Å². The van der Waals surface area contributed by atoms with Crippen LogP contribution in [0.15, 0.2) is 59.8 Å². The Balaban J connectivity index is 1.76. The molecule has 0 amide bonds. The summed E-state index contributed by atoms with van der Waals surface area (Å²) in [4.78, 5) is 2.07. The van der Waals surface area contributed by atoms with Crippen LogP contribution in [0.1, 0.15) is 18.8 Å². The van der Waals surface area contributed by atoms with E-state index in [0.717, 1.165) is 28.2 Å². The van der Waals surface area contributed by atoms with Gasteiger partial charge in [0.05, 0.1) is 12.6 Å². The minimum absolute atomic E-state index is 0.0671. The van der Waals surface area contributed by atoms with E-state index in [9.17, 15) is 4.39 Å². The van der Waals surface area contributed by atoms with Gasteiger partial charge in [0, 0.05) is 11.4 Å². The van der Waals surface area contributed by atoms with E-state index in [1.54, 1.807) is 23.9 Å². The first-order valence-corrected chi connectivity index (χ1v) is 9.73. The molecule has 7 heteroatoms. The van der Waals surface area contributed by atoms with E-state index in [1.165, 1.54) is 12.1 Å². The van der Waals surface area contributed by atoms with Crippen molar-refractivity contribution in [2.75, 3.05) is 26.5 Å². The van der Waals surface area contributed by atoms with Crippen molar-refractivity contribution in [1.82, 2.24) is 19.7 Å². The first-order chi connectivity index (χ1) is 13.1. The molecule has 0 spiro atoms. The van der Waals surface area contributed by atoms with Crippen LogP contribution < -0.4 is 4.74 Å². The van der Waals surface area contributed by atoms with Crippen molar-refractivity contribution in [2.24, 2.45) is 0 Å². The molecule has 0 N–H and O–H groups in total. The van der Waals surface area contributed by atoms with E-state index in [0.29, 0.717) is 6.61 Å². The summed E-state index contributed by atoms with van der Waals surface area (Å²) in [7, 11) is 3.99. The van der Waals surface area contributed by atoms with Crippen molar-refractivity contribution in [1.29, 1.82) is 0 Å². The average molecular weight is 386 g/mol. The highest BCUT2D eigenvalue weighted by atomic mass is 32.2. The van der Waals surface area contributed by atoms with E-state index in [4.69, 9.17) is 4.74 Å². The molecule has 5 nitrogen and oxygen atoms in total. The number of thioether (sulfide) groups is 1. The number of rotatable bonds is 8. The van der Waals surface area contributed by atoms with Gasteiger partial charge in [-0.2, -0.15) is 0 Å². The van der Waals surface area contributed by atoms with E-state index >= 15 is 0 Å². The number of para-hydroxylation sites is 1. The summed E-state index contributed by atoms with van der Waals surface area (Å²) in [5.41, 5.74) is 0.844. The molecule has 1 aromatic heterocycles. The summed E-state index contributed by atoms with van der Waals surface area (Å²) in [6, 6.07) is 16.2. The molecule has 3 rings (SSSR count). The molecule has 1 atom stereocenters. The molecule has 0 aliphatic heterocycles. The maximum absolute atomic E-state index is 13.4. The van der Waals surface area contributed by atoms with Crippen molar-refractivity contribution in [3.05, 3.63) is 66.2 Å². The number of nitrogens with zero attached hydrogens (tertiary/aromatic N) is 4. The molecule has 0 radical (unpaired) electrons. The van der Waals surface area contributed by atoms with E-state index in [2.05, 4.69) is 22.0 Å². The van der Waals surface area contributed by atoms with Crippen molar-refractivity contribution in [3.8, 4) is 11.4 Å². The maximum Gasteiger partial charge on any atom is 0.196 e. The smallest absolute Gasteiger partial charge is 0.196 e. The molecule has 0 aliphatic carbocycles. The summed E-state index contributed by atoms with van der Waals surface area (Å²) in [6.07, 6.45) is 0. The lowest BCUT2D eigenvalue weighted by Gasteiger charge is -2.20. The zero-order valence-electron chi connectivity index (χ0n) is 15.7. The SMILES string of the molecule is C[C@H](c1nnc(SCCOc2ccccc2)n1-c1ccc(F)cc1)N(C)C. The topological polar surface area (TPSA) is 43.2 Å². The number of hydrogen-bond acceptors (Lipinski definition) is 5. The van der Waals surface area contributed by atoms with Crippen LogP contribution in [0.3, 0.4) is 0 Å². The number of hydrogen-bond donors (Lipinski definition) is 0. The lowest BCUT2D eigenvalue weighted by molar-refractivity contribution is 0.305. The fourth-order valence-corrected chi connectivity index (χ4v) is 3.29. The Bertz CT molecular complexity index is 852. The summed E-state index contributed by atoms with van der Waals surface area (Å²) in [5.74, 6) is 2.13. The van der Waals surface area contributed by atoms with Crippen molar-refractivity contribution in [2.45, 2.75) is 18.1 Å². The van der Waals surface area contributed by atoms with Gasteiger partial charge in [-0.1, -0.05) is 30.0 Å². The largest absolute Gasteiger partial charge is 0.493 e. The highest BCUT2D eigenvalue weighted by molar-refractivity contribution is 7.99. The first kappa shape index (κ1) is 19.4. The lowest BCUT2D eigenvalue weighted by atomic mass is 10.2. The molecule has 142 valence electrons. The molecule has 0 saturated heterocycles. The summed E-state index contributed by atoms with van der Waals surface area (Å²) >= 11 is 1.57. The van der Waals surface area contributed by atoms with Gasteiger partial charge in [0.25, 0.3) is 0 Å². The third-order valence-electron chi connectivity index (χ3n) is 4.22. The number of ether oxygens (including phenoxy) is 1. The van der Waals surface area contributed by atoms with Gasteiger partial charge in [0.1, 0.15) is 11.6 Å². The van der Waals surface area contributed by atoms with Crippen LogP contribution in [0.25, 0.3) is 5.69 Å². The van der Waals surface area contributed by atoms with Gasteiger partial charge >= 0.3 is 0 Å². The normalized spacial score (nSPS) is 12.3. The first-order valence-electron chi connectivity index (χ1n) is 8.74. The van der Waals surface area contributed by atoms with Gasteiger partial charge in [-0.05, 0) is 57.4 Å². The van der Waals surface area contributed by atoms with Gasteiger partial charge in [-0.3, -0.25) is 9.47 Å². The quantitative estimate of drug-likeness (QED) is 0.429. The zero-order chi connectivity index (χ0) is 19.2. The maximum atomic E-state index is 13.4. The van der Waals surface area contributed by atoms with Crippen LogP contribution in [0, 0.1) is 5.82 Å². The lowest BCUT2D eigenvalue weighted by Crippen LogP contribution is -2.20. The van der Waals surface area contributed by atoms with Gasteiger partial charge in [0.2, 0.25) is 0 Å². The van der Waals surface area contributed by atoms with Crippen LogP contribution in [0.5, 0.6) is 5.75 Å². The van der Waals surface area contributed by atoms with Gasteiger partial charge in [-0.25, -0.2) is 4.39 Å². The molecular weight excluding hydrogens is 363 g/mol. The summed E-state index contributed by atoms with van der Waals surface area (Å²) < 4.78 is 21.1. The summed E-state index contributed by atoms with van der Waals surface area (Å²) in [6.45, 7) is 2.63. The Labute approximate surface area is 163 Å². The van der Waals surface area contributed by atoms with Gasteiger partial charge in [0.15, 0.2) is 11.0 Å². The van der Waals surface area contributed by atoms with Crippen molar-refractivity contribution < 1.29 is 9.13 Å². The van der Waals surface area contributed by atoms with Gasteiger partial charge < -0.3 is 4.74 Å². The van der Waals surface area contributed by atoms with Crippen LogP contribution in [0.2, 0.25) is 0 Å². The third kappa shape index (κ3) is 4.87. The Morgan fingerprint density at radius 2 is 1.78 bits per heavy atom. The second kappa shape index (κ2) is 9.01.